The van der Waals surface area contributed by atoms with E-state index in [4.69, 9.17) is 0 Å². The Kier molecular flexibility index (Phi) is 4.45. The first-order valence-electron chi connectivity index (χ1n) is 6.64. The van der Waals surface area contributed by atoms with Gasteiger partial charge < -0.3 is 5.32 Å². The lowest BCUT2D eigenvalue weighted by Gasteiger charge is -2.20. The highest BCUT2D eigenvalue weighted by molar-refractivity contribution is 5.34. The normalized spacial score (nSPS) is 12.4. The molecule has 106 valence electrons. The van der Waals surface area contributed by atoms with E-state index in [0.717, 1.165) is 22.9 Å². The second kappa shape index (κ2) is 6.09. The Morgan fingerprint density at radius 2 is 1.95 bits per heavy atom. The zero-order chi connectivity index (χ0) is 14.7. The van der Waals surface area contributed by atoms with Crippen LogP contribution in [0.5, 0.6) is 0 Å². The second-order valence-electron chi connectivity index (χ2n) is 4.87. The molecule has 0 amide bonds. The summed E-state index contributed by atoms with van der Waals surface area (Å²) >= 11 is 0. The first-order chi connectivity index (χ1) is 9.52. The summed E-state index contributed by atoms with van der Waals surface area (Å²) in [5.74, 6) is -1.13. The molecule has 0 radical (unpaired) electrons. The number of nitrogens with zero attached hydrogens (tertiary/aromatic N) is 1. The van der Waals surface area contributed by atoms with Gasteiger partial charge in [0.05, 0.1) is 11.7 Å². The van der Waals surface area contributed by atoms with Crippen molar-refractivity contribution in [3.05, 3.63) is 64.5 Å². The number of nitrogens with one attached hydrogen (secondary N) is 1. The Balaban J connectivity index is 2.50. The third kappa shape index (κ3) is 3.02. The van der Waals surface area contributed by atoms with Crippen LogP contribution < -0.4 is 5.32 Å². The summed E-state index contributed by atoms with van der Waals surface area (Å²) in [6, 6.07) is 5.28. The van der Waals surface area contributed by atoms with Gasteiger partial charge in [-0.3, -0.25) is 4.98 Å². The Morgan fingerprint density at radius 1 is 1.20 bits per heavy atom. The van der Waals surface area contributed by atoms with Crippen molar-refractivity contribution in [2.75, 3.05) is 6.54 Å². The van der Waals surface area contributed by atoms with Crippen molar-refractivity contribution in [3.8, 4) is 0 Å². The van der Waals surface area contributed by atoms with Gasteiger partial charge in [-0.2, -0.15) is 0 Å². The second-order valence-corrected chi connectivity index (χ2v) is 4.87. The van der Waals surface area contributed by atoms with E-state index in [0.29, 0.717) is 12.1 Å². The molecular formula is C16H18F2N2. The van der Waals surface area contributed by atoms with E-state index < -0.39 is 11.6 Å². The van der Waals surface area contributed by atoms with Crippen LogP contribution in [-0.2, 0) is 0 Å². The van der Waals surface area contributed by atoms with E-state index in [9.17, 15) is 8.78 Å². The minimum Gasteiger partial charge on any atom is -0.305 e. The fraction of sp³-hybridized carbons (Fsp3) is 0.312. The number of aryl methyl sites for hydroxylation is 2. The van der Waals surface area contributed by atoms with Crippen molar-refractivity contribution in [2.24, 2.45) is 0 Å². The summed E-state index contributed by atoms with van der Waals surface area (Å²) in [5, 5.41) is 3.21. The zero-order valence-corrected chi connectivity index (χ0v) is 11.9. The van der Waals surface area contributed by atoms with Crippen LogP contribution in [0.15, 0.2) is 30.5 Å². The molecular weight excluding hydrogens is 258 g/mol. The van der Waals surface area contributed by atoms with Gasteiger partial charge in [0, 0.05) is 17.8 Å². The van der Waals surface area contributed by atoms with Crippen molar-refractivity contribution >= 4 is 0 Å². The summed E-state index contributed by atoms with van der Waals surface area (Å²) in [6.07, 6.45) is 1.76. The van der Waals surface area contributed by atoms with Gasteiger partial charge in [-0.05, 0) is 37.6 Å². The summed E-state index contributed by atoms with van der Waals surface area (Å²) in [6.45, 7) is 6.51. The Morgan fingerprint density at radius 3 is 2.55 bits per heavy atom. The largest absolute Gasteiger partial charge is 0.305 e. The topological polar surface area (TPSA) is 24.9 Å². The maximum Gasteiger partial charge on any atom is 0.131 e. The van der Waals surface area contributed by atoms with Crippen molar-refractivity contribution in [1.29, 1.82) is 0 Å². The molecule has 0 spiro atoms. The number of halogens is 2. The molecule has 1 atom stereocenters. The van der Waals surface area contributed by atoms with Crippen LogP contribution >= 0.6 is 0 Å². The van der Waals surface area contributed by atoms with Crippen LogP contribution in [0.4, 0.5) is 8.78 Å². The van der Waals surface area contributed by atoms with E-state index in [1.54, 1.807) is 6.20 Å². The maximum atomic E-state index is 14.0. The van der Waals surface area contributed by atoms with Gasteiger partial charge in [-0.15, -0.1) is 0 Å². The van der Waals surface area contributed by atoms with E-state index >= 15 is 0 Å². The molecule has 2 aromatic rings. The third-order valence-corrected chi connectivity index (χ3v) is 3.21. The lowest BCUT2D eigenvalue weighted by molar-refractivity contribution is 0.535. The molecule has 1 N–H and O–H groups in total. The Hall–Kier alpha value is -1.81. The molecule has 0 saturated carbocycles. The van der Waals surface area contributed by atoms with Crippen LogP contribution in [0.25, 0.3) is 0 Å². The summed E-state index contributed by atoms with van der Waals surface area (Å²) in [5.41, 5.74) is 3.22. The fourth-order valence-corrected chi connectivity index (χ4v) is 2.32. The van der Waals surface area contributed by atoms with E-state index in [1.807, 2.05) is 26.8 Å². The van der Waals surface area contributed by atoms with Crippen LogP contribution in [-0.4, -0.2) is 11.5 Å². The third-order valence-electron chi connectivity index (χ3n) is 3.21. The molecule has 20 heavy (non-hydrogen) atoms. The van der Waals surface area contributed by atoms with Gasteiger partial charge in [0.15, 0.2) is 0 Å². The van der Waals surface area contributed by atoms with Gasteiger partial charge in [0.1, 0.15) is 11.6 Å². The SMILES string of the molecule is CCNC(c1ccc(F)cc1F)c1ncc(C)cc1C. The predicted molar refractivity (Wildman–Crippen MR) is 75.6 cm³/mol. The molecule has 0 aliphatic heterocycles. The summed E-state index contributed by atoms with van der Waals surface area (Å²) in [7, 11) is 0. The minimum absolute atomic E-state index is 0.374. The molecule has 4 heteroatoms. The number of hydrogen-bond acceptors (Lipinski definition) is 2. The van der Waals surface area contributed by atoms with Gasteiger partial charge in [-0.1, -0.05) is 19.1 Å². The van der Waals surface area contributed by atoms with Gasteiger partial charge in [-0.25, -0.2) is 8.78 Å². The Labute approximate surface area is 117 Å². The molecule has 0 aliphatic carbocycles. The highest BCUT2D eigenvalue weighted by Gasteiger charge is 2.20. The molecule has 0 bridgehead atoms. The molecule has 1 aromatic heterocycles. The van der Waals surface area contributed by atoms with E-state index in [-0.39, 0.29) is 6.04 Å². The maximum absolute atomic E-state index is 14.0. The number of rotatable bonds is 4. The van der Waals surface area contributed by atoms with Crippen molar-refractivity contribution in [2.45, 2.75) is 26.8 Å². The average molecular weight is 276 g/mol. The lowest BCUT2D eigenvalue weighted by Crippen LogP contribution is -2.25. The smallest absolute Gasteiger partial charge is 0.131 e. The lowest BCUT2D eigenvalue weighted by atomic mass is 9.98. The highest BCUT2D eigenvalue weighted by Crippen LogP contribution is 2.26. The predicted octanol–water partition coefficient (Wildman–Crippen LogP) is 3.68. The van der Waals surface area contributed by atoms with Crippen LogP contribution in [0.2, 0.25) is 0 Å². The number of hydrogen-bond donors (Lipinski definition) is 1. The number of pyridine rings is 1. The van der Waals surface area contributed by atoms with Gasteiger partial charge >= 0.3 is 0 Å². The molecule has 1 heterocycles. The molecule has 1 unspecified atom stereocenters. The molecule has 1 aromatic carbocycles. The molecule has 0 saturated heterocycles. The molecule has 0 aliphatic rings. The molecule has 2 rings (SSSR count). The van der Waals surface area contributed by atoms with Gasteiger partial charge in [0.25, 0.3) is 0 Å². The van der Waals surface area contributed by atoms with Crippen molar-refractivity contribution in [1.82, 2.24) is 10.3 Å². The summed E-state index contributed by atoms with van der Waals surface area (Å²) < 4.78 is 27.1. The monoisotopic (exact) mass is 276 g/mol. The van der Waals surface area contributed by atoms with Crippen LogP contribution in [0.3, 0.4) is 0 Å². The number of aromatic nitrogens is 1. The van der Waals surface area contributed by atoms with Gasteiger partial charge in [0.2, 0.25) is 0 Å². The van der Waals surface area contributed by atoms with E-state index in [2.05, 4.69) is 10.3 Å². The van der Waals surface area contributed by atoms with Crippen molar-refractivity contribution < 1.29 is 8.78 Å². The number of benzene rings is 1. The van der Waals surface area contributed by atoms with E-state index in [1.165, 1.54) is 12.1 Å². The summed E-state index contributed by atoms with van der Waals surface area (Å²) in [4.78, 5) is 4.41. The standard InChI is InChI=1S/C16H18F2N2/c1-4-19-16(13-6-5-12(17)8-14(13)18)15-11(3)7-10(2)9-20-15/h5-9,16,19H,4H2,1-3H3. The average Bonchev–Trinajstić information content (AvgIpc) is 2.37. The fourth-order valence-electron chi connectivity index (χ4n) is 2.32. The van der Waals surface area contributed by atoms with Crippen molar-refractivity contribution in [3.63, 3.8) is 0 Å². The van der Waals surface area contributed by atoms with Crippen LogP contribution in [0, 0.1) is 25.5 Å². The highest BCUT2D eigenvalue weighted by atomic mass is 19.1. The first-order valence-corrected chi connectivity index (χ1v) is 6.64. The first kappa shape index (κ1) is 14.6. The minimum atomic E-state index is -0.574. The zero-order valence-electron chi connectivity index (χ0n) is 11.9. The van der Waals surface area contributed by atoms with Crippen LogP contribution in [0.1, 0.15) is 35.3 Å². The molecule has 2 nitrogen and oxygen atoms in total. The quantitative estimate of drug-likeness (QED) is 0.921. The Bertz CT molecular complexity index is 560. The molecule has 0 fully saturated rings.